The van der Waals surface area contributed by atoms with Crippen molar-refractivity contribution < 1.29 is 9.53 Å². The van der Waals surface area contributed by atoms with Gasteiger partial charge in [0.25, 0.3) is 0 Å². The van der Waals surface area contributed by atoms with Gasteiger partial charge in [0.1, 0.15) is 22.7 Å². The standard InChI is InChI=1S/C16H20ClIN4O2/c1-5-10(21-15(23)24-16(2,3)4)6-7-22-8-11(18)12-13(17)19-9-20-14(12)22/h5,8-10H,1,6-7H2,2-4H3,(H,21,23)/t10-/m0/s1. The molecule has 1 atom stereocenters. The second-order valence-electron chi connectivity index (χ2n) is 6.31. The average Bonchev–Trinajstić information content (AvgIpc) is 2.79. The average molecular weight is 463 g/mol. The van der Waals surface area contributed by atoms with Crippen molar-refractivity contribution in [2.24, 2.45) is 0 Å². The molecule has 1 N–H and O–H groups in total. The van der Waals surface area contributed by atoms with Crippen LogP contribution >= 0.6 is 34.2 Å². The van der Waals surface area contributed by atoms with E-state index in [9.17, 15) is 4.79 Å². The molecular formula is C16H20ClIN4O2. The summed E-state index contributed by atoms with van der Waals surface area (Å²) >= 11 is 8.35. The fourth-order valence-electron chi connectivity index (χ4n) is 2.20. The molecule has 0 radical (unpaired) electrons. The lowest BCUT2D eigenvalue weighted by Gasteiger charge is -2.22. The quantitative estimate of drug-likeness (QED) is 0.412. The Morgan fingerprint density at radius 3 is 2.88 bits per heavy atom. The number of hydrogen-bond donors (Lipinski definition) is 1. The third kappa shape index (κ3) is 4.83. The summed E-state index contributed by atoms with van der Waals surface area (Å²) in [5.41, 5.74) is 0.246. The maximum absolute atomic E-state index is 11.9. The first-order valence-electron chi connectivity index (χ1n) is 7.48. The number of aryl methyl sites for hydroxylation is 1. The highest BCUT2D eigenvalue weighted by Crippen LogP contribution is 2.26. The van der Waals surface area contributed by atoms with Crippen LogP contribution in [0.2, 0.25) is 5.15 Å². The van der Waals surface area contributed by atoms with Gasteiger partial charge in [-0.05, 0) is 49.8 Å². The maximum atomic E-state index is 11.9. The third-order valence-electron chi connectivity index (χ3n) is 3.23. The molecule has 0 fully saturated rings. The van der Waals surface area contributed by atoms with Gasteiger partial charge in [-0.15, -0.1) is 6.58 Å². The van der Waals surface area contributed by atoms with Crippen LogP contribution in [0.15, 0.2) is 25.2 Å². The molecule has 0 aliphatic heterocycles. The normalized spacial score (nSPS) is 12.9. The van der Waals surface area contributed by atoms with E-state index in [4.69, 9.17) is 16.3 Å². The van der Waals surface area contributed by atoms with Gasteiger partial charge in [-0.1, -0.05) is 17.7 Å². The van der Waals surface area contributed by atoms with Gasteiger partial charge in [0.05, 0.1) is 11.4 Å². The molecule has 0 aliphatic rings. The predicted octanol–water partition coefficient (Wildman–Crippen LogP) is 4.16. The van der Waals surface area contributed by atoms with E-state index in [1.54, 1.807) is 6.08 Å². The highest BCUT2D eigenvalue weighted by Gasteiger charge is 2.19. The van der Waals surface area contributed by atoms with Crippen LogP contribution in [0, 0.1) is 3.57 Å². The van der Waals surface area contributed by atoms with Gasteiger partial charge in [0.2, 0.25) is 0 Å². The fraction of sp³-hybridized carbons (Fsp3) is 0.438. The molecule has 0 unspecified atom stereocenters. The maximum Gasteiger partial charge on any atom is 0.408 e. The molecule has 130 valence electrons. The van der Waals surface area contributed by atoms with Crippen molar-refractivity contribution in [2.45, 2.75) is 45.4 Å². The van der Waals surface area contributed by atoms with Crippen LogP contribution in [-0.2, 0) is 11.3 Å². The molecule has 2 rings (SSSR count). The Morgan fingerprint density at radius 1 is 1.54 bits per heavy atom. The lowest BCUT2D eigenvalue weighted by atomic mass is 10.2. The van der Waals surface area contributed by atoms with Crippen LogP contribution in [0.4, 0.5) is 4.79 Å². The van der Waals surface area contributed by atoms with Crippen molar-refractivity contribution in [1.82, 2.24) is 19.9 Å². The van der Waals surface area contributed by atoms with Gasteiger partial charge < -0.3 is 14.6 Å². The lowest BCUT2D eigenvalue weighted by Crippen LogP contribution is -2.38. The number of hydrogen-bond acceptors (Lipinski definition) is 4. The first-order chi connectivity index (χ1) is 11.2. The molecular weight excluding hydrogens is 443 g/mol. The Morgan fingerprint density at radius 2 is 2.25 bits per heavy atom. The number of rotatable bonds is 5. The highest BCUT2D eigenvalue weighted by atomic mass is 127. The minimum atomic E-state index is -0.532. The first-order valence-corrected chi connectivity index (χ1v) is 8.94. The zero-order valence-corrected chi connectivity index (χ0v) is 16.8. The second kappa shape index (κ2) is 7.69. The minimum absolute atomic E-state index is 0.202. The van der Waals surface area contributed by atoms with E-state index in [0.717, 1.165) is 14.6 Å². The molecule has 0 spiro atoms. The molecule has 2 aromatic heterocycles. The van der Waals surface area contributed by atoms with Crippen LogP contribution in [-0.4, -0.2) is 32.3 Å². The second-order valence-corrected chi connectivity index (χ2v) is 7.83. The van der Waals surface area contributed by atoms with Gasteiger partial charge in [-0.2, -0.15) is 0 Å². The number of alkyl carbamates (subject to hydrolysis) is 1. The number of aromatic nitrogens is 3. The molecule has 6 nitrogen and oxygen atoms in total. The topological polar surface area (TPSA) is 69.0 Å². The number of nitrogens with one attached hydrogen (secondary N) is 1. The van der Waals surface area contributed by atoms with Crippen LogP contribution in [0.25, 0.3) is 11.0 Å². The lowest BCUT2D eigenvalue weighted by molar-refractivity contribution is 0.0512. The Hall–Kier alpha value is -1.35. The minimum Gasteiger partial charge on any atom is -0.444 e. The van der Waals surface area contributed by atoms with E-state index in [2.05, 4.69) is 44.5 Å². The summed E-state index contributed by atoms with van der Waals surface area (Å²) in [7, 11) is 0. The van der Waals surface area contributed by atoms with E-state index in [-0.39, 0.29) is 6.04 Å². The summed E-state index contributed by atoms with van der Waals surface area (Å²) < 4.78 is 8.26. The van der Waals surface area contributed by atoms with Crippen LogP contribution < -0.4 is 5.32 Å². The third-order valence-corrected chi connectivity index (χ3v) is 4.33. The zero-order chi connectivity index (χ0) is 17.9. The van der Waals surface area contributed by atoms with E-state index >= 15 is 0 Å². The number of nitrogens with zero attached hydrogens (tertiary/aromatic N) is 3. The molecule has 2 aromatic rings. The first kappa shape index (κ1) is 19.0. The van der Waals surface area contributed by atoms with Crippen molar-refractivity contribution in [3.8, 4) is 0 Å². The number of halogens is 2. The summed E-state index contributed by atoms with van der Waals surface area (Å²) in [6.07, 6.45) is 5.32. The van der Waals surface area contributed by atoms with Crippen LogP contribution in [0.3, 0.4) is 0 Å². The fourth-order valence-corrected chi connectivity index (χ4v) is 3.42. The van der Waals surface area contributed by atoms with E-state index < -0.39 is 11.7 Å². The number of fused-ring (bicyclic) bond motifs is 1. The van der Waals surface area contributed by atoms with Crippen molar-refractivity contribution in [3.05, 3.63) is 33.9 Å². The Balaban J connectivity index is 2.05. The molecule has 0 aromatic carbocycles. The van der Waals surface area contributed by atoms with E-state index in [0.29, 0.717) is 18.1 Å². The summed E-state index contributed by atoms with van der Waals surface area (Å²) in [5.74, 6) is 0. The van der Waals surface area contributed by atoms with Gasteiger partial charge >= 0.3 is 6.09 Å². The largest absolute Gasteiger partial charge is 0.444 e. The van der Waals surface area contributed by atoms with Crippen molar-refractivity contribution >= 4 is 51.3 Å². The Kier molecular flexibility index (Phi) is 6.08. The van der Waals surface area contributed by atoms with Crippen molar-refractivity contribution in [3.63, 3.8) is 0 Å². The molecule has 0 aliphatic carbocycles. The number of carbonyl (C=O) groups excluding carboxylic acids is 1. The van der Waals surface area contributed by atoms with Crippen molar-refractivity contribution in [2.75, 3.05) is 0 Å². The van der Waals surface area contributed by atoms with Crippen LogP contribution in [0.5, 0.6) is 0 Å². The van der Waals surface area contributed by atoms with E-state index in [1.165, 1.54) is 6.33 Å². The number of ether oxygens (including phenoxy) is 1. The predicted molar refractivity (Wildman–Crippen MR) is 103 cm³/mol. The molecule has 1 amide bonds. The Labute approximate surface area is 159 Å². The SMILES string of the molecule is C=C[C@@H](CCn1cc(I)c2c(Cl)ncnc21)NC(=O)OC(C)(C)C. The van der Waals surface area contributed by atoms with Gasteiger partial charge in [-0.3, -0.25) is 0 Å². The van der Waals surface area contributed by atoms with Gasteiger partial charge in [0, 0.05) is 16.3 Å². The number of carbonyl (C=O) groups is 1. The summed E-state index contributed by atoms with van der Waals surface area (Å²) in [5, 5.41) is 4.09. The summed E-state index contributed by atoms with van der Waals surface area (Å²) in [6, 6.07) is -0.202. The summed E-state index contributed by atoms with van der Waals surface area (Å²) in [6.45, 7) is 9.91. The zero-order valence-electron chi connectivity index (χ0n) is 13.8. The number of amides is 1. The highest BCUT2D eigenvalue weighted by molar-refractivity contribution is 14.1. The van der Waals surface area contributed by atoms with Crippen LogP contribution in [0.1, 0.15) is 27.2 Å². The molecule has 8 heteroatoms. The monoisotopic (exact) mass is 462 g/mol. The molecule has 24 heavy (non-hydrogen) atoms. The smallest absolute Gasteiger partial charge is 0.408 e. The molecule has 0 saturated heterocycles. The molecule has 2 heterocycles. The Bertz CT molecular complexity index is 754. The van der Waals surface area contributed by atoms with Crippen molar-refractivity contribution in [1.29, 1.82) is 0 Å². The summed E-state index contributed by atoms with van der Waals surface area (Å²) in [4.78, 5) is 20.2. The van der Waals surface area contributed by atoms with E-state index in [1.807, 2.05) is 31.5 Å². The van der Waals surface area contributed by atoms with Gasteiger partial charge in [-0.25, -0.2) is 14.8 Å². The molecule has 0 saturated carbocycles. The van der Waals surface area contributed by atoms with Gasteiger partial charge in [0.15, 0.2) is 0 Å². The molecule has 0 bridgehead atoms.